The van der Waals surface area contributed by atoms with Crippen molar-refractivity contribution in [1.82, 2.24) is 4.98 Å². The number of anilines is 1. The van der Waals surface area contributed by atoms with Gasteiger partial charge in [-0.2, -0.15) is 0 Å². The molecule has 0 bridgehead atoms. The van der Waals surface area contributed by atoms with Gasteiger partial charge in [-0.1, -0.05) is 27.5 Å². The number of carbonyl (C=O) groups is 1. The first-order valence-corrected chi connectivity index (χ1v) is 6.51. The summed E-state index contributed by atoms with van der Waals surface area (Å²) in [5.41, 5.74) is -0.190. The average molecular weight is 357 g/mol. The number of nitro groups is 1. The number of benzene rings is 1. The SMILES string of the molecule is O=C(Nc1cc(Br)ccn1)c1ccc(Cl)c([N+](=O)[O-])c1. The normalized spacial score (nSPS) is 10.1. The maximum atomic E-state index is 12.0. The molecule has 20 heavy (non-hydrogen) atoms. The van der Waals surface area contributed by atoms with Crippen LogP contribution in [0.3, 0.4) is 0 Å². The first-order chi connectivity index (χ1) is 9.47. The summed E-state index contributed by atoms with van der Waals surface area (Å²) in [6, 6.07) is 7.16. The molecule has 1 N–H and O–H groups in total. The molecule has 0 atom stereocenters. The van der Waals surface area contributed by atoms with Crippen LogP contribution >= 0.6 is 27.5 Å². The van der Waals surface area contributed by atoms with Gasteiger partial charge in [0.1, 0.15) is 10.8 Å². The van der Waals surface area contributed by atoms with E-state index < -0.39 is 10.8 Å². The van der Waals surface area contributed by atoms with E-state index >= 15 is 0 Å². The van der Waals surface area contributed by atoms with Crippen LogP contribution in [0.1, 0.15) is 10.4 Å². The summed E-state index contributed by atoms with van der Waals surface area (Å²) in [6.07, 6.45) is 1.52. The van der Waals surface area contributed by atoms with Crippen molar-refractivity contribution in [2.24, 2.45) is 0 Å². The standard InChI is InChI=1S/C12H7BrClN3O3/c13-8-3-4-15-11(6-8)16-12(18)7-1-2-9(14)10(5-7)17(19)20/h1-6H,(H,15,16,18). The summed E-state index contributed by atoms with van der Waals surface area (Å²) in [6.45, 7) is 0. The predicted molar refractivity (Wildman–Crippen MR) is 78.0 cm³/mol. The summed E-state index contributed by atoms with van der Waals surface area (Å²) in [5.74, 6) is -0.169. The summed E-state index contributed by atoms with van der Waals surface area (Å²) < 4.78 is 0.755. The van der Waals surface area contributed by atoms with Gasteiger partial charge in [-0.3, -0.25) is 14.9 Å². The number of nitrogens with one attached hydrogen (secondary N) is 1. The Hall–Kier alpha value is -1.99. The van der Waals surface area contributed by atoms with E-state index in [-0.39, 0.29) is 16.3 Å². The Morgan fingerprint density at radius 1 is 1.35 bits per heavy atom. The number of halogens is 2. The molecule has 1 aromatic heterocycles. The summed E-state index contributed by atoms with van der Waals surface area (Å²) in [7, 11) is 0. The minimum absolute atomic E-state index is 0.0212. The van der Waals surface area contributed by atoms with Crippen molar-refractivity contribution >= 4 is 44.9 Å². The lowest BCUT2D eigenvalue weighted by molar-refractivity contribution is -0.384. The van der Waals surface area contributed by atoms with E-state index in [1.807, 2.05) is 0 Å². The molecule has 1 amide bonds. The van der Waals surface area contributed by atoms with Gasteiger partial charge in [-0.25, -0.2) is 4.98 Å². The highest BCUT2D eigenvalue weighted by atomic mass is 79.9. The number of amides is 1. The second kappa shape index (κ2) is 5.98. The highest BCUT2D eigenvalue weighted by Gasteiger charge is 2.16. The summed E-state index contributed by atoms with van der Waals surface area (Å²) in [5, 5.41) is 13.3. The maximum Gasteiger partial charge on any atom is 0.288 e. The number of pyridine rings is 1. The van der Waals surface area contributed by atoms with E-state index in [1.165, 1.54) is 18.3 Å². The number of nitrogens with zero attached hydrogens (tertiary/aromatic N) is 2. The number of rotatable bonds is 3. The van der Waals surface area contributed by atoms with Gasteiger partial charge in [0.05, 0.1) is 4.92 Å². The Balaban J connectivity index is 2.26. The highest BCUT2D eigenvalue weighted by Crippen LogP contribution is 2.25. The molecule has 2 rings (SSSR count). The monoisotopic (exact) mass is 355 g/mol. The van der Waals surface area contributed by atoms with E-state index in [4.69, 9.17) is 11.6 Å². The fourth-order valence-corrected chi connectivity index (χ4v) is 1.98. The topological polar surface area (TPSA) is 85.1 Å². The predicted octanol–water partition coefficient (Wildman–Crippen LogP) is 3.66. The zero-order valence-corrected chi connectivity index (χ0v) is 12.2. The van der Waals surface area contributed by atoms with Gasteiger partial charge in [-0.15, -0.1) is 0 Å². The van der Waals surface area contributed by atoms with Crippen molar-refractivity contribution in [2.45, 2.75) is 0 Å². The van der Waals surface area contributed by atoms with Crippen molar-refractivity contribution in [3.05, 3.63) is 61.7 Å². The second-order valence-electron chi connectivity index (χ2n) is 3.74. The smallest absolute Gasteiger partial charge is 0.288 e. The zero-order chi connectivity index (χ0) is 14.7. The molecule has 8 heteroatoms. The van der Waals surface area contributed by atoms with Crippen LogP contribution in [0.25, 0.3) is 0 Å². The Morgan fingerprint density at radius 2 is 2.10 bits per heavy atom. The largest absolute Gasteiger partial charge is 0.307 e. The van der Waals surface area contributed by atoms with E-state index in [0.29, 0.717) is 5.82 Å². The molecule has 0 aliphatic heterocycles. The maximum absolute atomic E-state index is 12.0. The van der Waals surface area contributed by atoms with Crippen LogP contribution in [0.4, 0.5) is 11.5 Å². The van der Waals surface area contributed by atoms with E-state index in [9.17, 15) is 14.9 Å². The van der Waals surface area contributed by atoms with Gasteiger partial charge in [0, 0.05) is 22.3 Å². The van der Waals surface area contributed by atoms with Gasteiger partial charge in [-0.05, 0) is 24.3 Å². The third kappa shape index (κ3) is 3.31. The lowest BCUT2D eigenvalue weighted by Crippen LogP contribution is -2.13. The Bertz CT molecular complexity index is 693. The van der Waals surface area contributed by atoms with E-state index in [1.54, 1.807) is 12.1 Å². The van der Waals surface area contributed by atoms with Crippen LogP contribution < -0.4 is 5.32 Å². The molecule has 0 saturated carbocycles. The van der Waals surface area contributed by atoms with Gasteiger partial charge in [0.15, 0.2) is 0 Å². The second-order valence-corrected chi connectivity index (χ2v) is 5.06. The minimum Gasteiger partial charge on any atom is -0.307 e. The van der Waals surface area contributed by atoms with Crippen LogP contribution in [0.15, 0.2) is 41.0 Å². The lowest BCUT2D eigenvalue weighted by Gasteiger charge is -2.05. The van der Waals surface area contributed by atoms with Crippen LogP contribution in [-0.4, -0.2) is 15.8 Å². The Kier molecular flexibility index (Phi) is 4.31. The fraction of sp³-hybridized carbons (Fsp3) is 0. The summed E-state index contributed by atoms with van der Waals surface area (Å²) >= 11 is 8.94. The van der Waals surface area contributed by atoms with Crippen molar-refractivity contribution in [3.63, 3.8) is 0 Å². The van der Waals surface area contributed by atoms with E-state index in [2.05, 4.69) is 26.2 Å². The molecular formula is C12H7BrClN3O3. The zero-order valence-electron chi connectivity index (χ0n) is 9.84. The molecule has 6 nitrogen and oxygen atoms in total. The lowest BCUT2D eigenvalue weighted by atomic mass is 10.2. The number of nitro benzene ring substituents is 1. The number of hydrogen-bond acceptors (Lipinski definition) is 4. The minimum atomic E-state index is -0.642. The fourth-order valence-electron chi connectivity index (χ4n) is 1.46. The van der Waals surface area contributed by atoms with Crippen molar-refractivity contribution in [2.75, 3.05) is 5.32 Å². The van der Waals surface area contributed by atoms with Gasteiger partial charge < -0.3 is 5.32 Å². The van der Waals surface area contributed by atoms with E-state index in [0.717, 1.165) is 10.5 Å². The highest BCUT2D eigenvalue weighted by molar-refractivity contribution is 9.10. The first kappa shape index (κ1) is 14.4. The number of hydrogen-bond donors (Lipinski definition) is 1. The molecule has 0 spiro atoms. The van der Waals surface area contributed by atoms with Crippen molar-refractivity contribution < 1.29 is 9.72 Å². The molecule has 2 aromatic rings. The molecule has 0 fully saturated rings. The van der Waals surface area contributed by atoms with Crippen molar-refractivity contribution in [3.8, 4) is 0 Å². The third-order valence-corrected chi connectivity index (χ3v) is 3.18. The number of carbonyl (C=O) groups excluding carboxylic acids is 1. The third-order valence-electron chi connectivity index (χ3n) is 2.37. The molecule has 1 aromatic carbocycles. The first-order valence-electron chi connectivity index (χ1n) is 5.34. The van der Waals surface area contributed by atoms with Crippen LogP contribution in [0.2, 0.25) is 5.02 Å². The van der Waals surface area contributed by atoms with Crippen LogP contribution in [-0.2, 0) is 0 Å². The molecule has 0 aliphatic carbocycles. The van der Waals surface area contributed by atoms with Gasteiger partial charge >= 0.3 is 0 Å². The molecular weight excluding hydrogens is 350 g/mol. The summed E-state index contributed by atoms with van der Waals surface area (Å²) in [4.78, 5) is 26.1. The quantitative estimate of drug-likeness (QED) is 0.672. The average Bonchev–Trinajstić information content (AvgIpc) is 2.38. The molecule has 102 valence electrons. The van der Waals surface area contributed by atoms with Crippen LogP contribution in [0.5, 0.6) is 0 Å². The van der Waals surface area contributed by atoms with Crippen LogP contribution in [0, 0.1) is 10.1 Å². The molecule has 0 saturated heterocycles. The molecule has 0 radical (unpaired) electrons. The number of aromatic nitrogens is 1. The van der Waals surface area contributed by atoms with Gasteiger partial charge in [0.2, 0.25) is 0 Å². The molecule has 0 aliphatic rings. The molecule has 1 heterocycles. The Morgan fingerprint density at radius 3 is 2.75 bits per heavy atom. The van der Waals surface area contributed by atoms with Crippen molar-refractivity contribution in [1.29, 1.82) is 0 Å². The Labute approximate surface area is 127 Å². The molecule has 0 unspecified atom stereocenters. The van der Waals surface area contributed by atoms with Gasteiger partial charge in [0.25, 0.3) is 11.6 Å².